The second kappa shape index (κ2) is 13.7. The van der Waals surface area contributed by atoms with Gasteiger partial charge in [-0.2, -0.15) is 0 Å². The minimum absolute atomic E-state index is 0.0503. The zero-order chi connectivity index (χ0) is 23.5. The Kier molecular flexibility index (Phi) is 11.4. The van der Waals surface area contributed by atoms with Crippen LogP contribution >= 0.6 is 0 Å². The van der Waals surface area contributed by atoms with E-state index in [0.29, 0.717) is 31.5 Å². The van der Waals surface area contributed by atoms with Crippen LogP contribution in [0.2, 0.25) is 0 Å². The topological polar surface area (TPSA) is 56.8 Å². The number of amides is 1. The molecule has 0 bridgehead atoms. The second-order valence-corrected chi connectivity index (χ2v) is 8.76. The van der Waals surface area contributed by atoms with E-state index in [-0.39, 0.29) is 24.5 Å². The van der Waals surface area contributed by atoms with Crippen LogP contribution in [0.5, 0.6) is 0 Å². The lowest BCUT2D eigenvalue weighted by atomic mass is 9.79. The van der Waals surface area contributed by atoms with E-state index in [1.165, 1.54) is 6.08 Å². The largest absolute Gasteiger partial charge is 0.374 e. The molecule has 0 spiro atoms. The molecule has 2 unspecified atom stereocenters. The third-order valence-electron chi connectivity index (χ3n) is 6.42. The molecule has 0 radical (unpaired) electrons. The van der Waals surface area contributed by atoms with Gasteiger partial charge >= 0.3 is 0 Å². The average molecular weight is 450 g/mol. The first-order valence-corrected chi connectivity index (χ1v) is 11.9. The third-order valence-corrected chi connectivity index (χ3v) is 6.42. The Balaban J connectivity index is 1.96. The molecule has 5 nitrogen and oxygen atoms in total. The number of alkyl halides is 1. The van der Waals surface area contributed by atoms with Crippen LogP contribution in [0.3, 0.4) is 0 Å². The van der Waals surface area contributed by atoms with Gasteiger partial charge in [0.15, 0.2) is 6.29 Å². The van der Waals surface area contributed by atoms with Crippen LogP contribution in [0, 0.1) is 17.8 Å². The number of hydrogen-bond acceptors (Lipinski definition) is 4. The van der Waals surface area contributed by atoms with E-state index in [1.807, 2.05) is 37.3 Å². The van der Waals surface area contributed by atoms with Gasteiger partial charge in [0.25, 0.3) is 0 Å². The molecule has 1 fully saturated rings. The molecule has 1 saturated heterocycles. The molecule has 0 saturated carbocycles. The molecule has 1 amide bonds. The normalized spacial score (nSPS) is 27.9. The van der Waals surface area contributed by atoms with Crippen molar-refractivity contribution >= 4 is 5.91 Å². The molecule has 0 aliphatic carbocycles. The molecule has 1 heterocycles. The Hall–Kier alpha value is -1.76. The maximum atomic E-state index is 14.7. The second-order valence-electron chi connectivity index (χ2n) is 8.76. The molecule has 2 rings (SSSR count). The number of allylic oxidation sites excluding steroid dienone is 1. The molecule has 1 aromatic rings. The summed E-state index contributed by atoms with van der Waals surface area (Å²) in [6.45, 7) is 11.2. The highest BCUT2D eigenvalue weighted by Gasteiger charge is 2.40. The molecule has 1 aliphatic rings. The Morgan fingerprint density at radius 3 is 2.53 bits per heavy atom. The minimum atomic E-state index is -1.31. The first kappa shape index (κ1) is 26.5. The zero-order valence-electron chi connectivity index (χ0n) is 20.1. The summed E-state index contributed by atoms with van der Waals surface area (Å²) in [5.41, 5.74) is 1.12. The number of carbonyl (C=O) groups is 1. The summed E-state index contributed by atoms with van der Waals surface area (Å²) in [6.07, 6.45) is 2.38. The lowest BCUT2D eigenvalue weighted by Gasteiger charge is -2.43. The first-order chi connectivity index (χ1) is 15.4. The zero-order valence-corrected chi connectivity index (χ0v) is 20.1. The lowest BCUT2D eigenvalue weighted by Crippen LogP contribution is -2.50. The summed E-state index contributed by atoms with van der Waals surface area (Å²) < 4.78 is 32.9. The van der Waals surface area contributed by atoms with E-state index in [1.54, 1.807) is 13.0 Å². The minimum Gasteiger partial charge on any atom is -0.374 e. The van der Waals surface area contributed by atoms with E-state index in [9.17, 15) is 9.18 Å². The van der Waals surface area contributed by atoms with E-state index in [2.05, 4.69) is 26.1 Å². The molecule has 180 valence electrons. The summed E-state index contributed by atoms with van der Waals surface area (Å²) in [4.78, 5) is 11.9. The van der Waals surface area contributed by atoms with Crippen LogP contribution < -0.4 is 5.32 Å². The number of rotatable bonds is 12. The fourth-order valence-electron chi connectivity index (χ4n) is 3.86. The number of nitrogens with one attached hydrogen (secondary N) is 1. The van der Waals surface area contributed by atoms with Crippen LogP contribution in [0.1, 0.15) is 53.0 Å². The smallest absolute Gasteiger partial charge is 0.220 e. The van der Waals surface area contributed by atoms with Gasteiger partial charge in [-0.15, -0.1) is 0 Å². The van der Waals surface area contributed by atoms with Gasteiger partial charge in [0.2, 0.25) is 5.91 Å². The van der Waals surface area contributed by atoms with Crippen LogP contribution in [0.15, 0.2) is 42.5 Å². The molecule has 7 atom stereocenters. The fourth-order valence-corrected chi connectivity index (χ4v) is 3.86. The summed E-state index contributed by atoms with van der Waals surface area (Å²) in [5.74, 6) is 0.599. The van der Waals surface area contributed by atoms with Crippen molar-refractivity contribution in [1.29, 1.82) is 0 Å². The third kappa shape index (κ3) is 7.98. The molecule has 32 heavy (non-hydrogen) atoms. The first-order valence-electron chi connectivity index (χ1n) is 11.9. The van der Waals surface area contributed by atoms with Gasteiger partial charge in [0.05, 0.1) is 32.0 Å². The van der Waals surface area contributed by atoms with Crippen molar-refractivity contribution in [3.8, 4) is 0 Å². The molecule has 1 aliphatic heterocycles. The molecule has 1 N–H and O–H groups in total. The number of ether oxygens (including phenoxy) is 3. The number of carbonyl (C=O) groups excluding carboxylic acids is 1. The van der Waals surface area contributed by atoms with Crippen LogP contribution in [-0.2, 0) is 25.6 Å². The van der Waals surface area contributed by atoms with Gasteiger partial charge in [0, 0.05) is 12.3 Å². The summed E-state index contributed by atoms with van der Waals surface area (Å²) in [5, 5.41) is 2.74. The van der Waals surface area contributed by atoms with Crippen LogP contribution in [-0.4, -0.2) is 43.7 Å². The Bertz CT molecular complexity index is 698. The van der Waals surface area contributed by atoms with Gasteiger partial charge < -0.3 is 19.5 Å². The van der Waals surface area contributed by atoms with Crippen molar-refractivity contribution in [2.45, 2.75) is 78.7 Å². The predicted octanol–water partition coefficient (Wildman–Crippen LogP) is 5.05. The van der Waals surface area contributed by atoms with Crippen LogP contribution in [0.4, 0.5) is 4.39 Å². The molecule has 1 aromatic carbocycles. The maximum absolute atomic E-state index is 14.7. The van der Waals surface area contributed by atoms with Crippen molar-refractivity contribution in [2.75, 3.05) is 13.2 Å². The summed E-state index contributed by atoms with van der Waals surface area (Å²) >= 11 is 0. The number of benzene rings is 1. The van der Waals surface area contributed by atoms with Gasteiger partial charge in [-0.3, -0.25) is 4.79 Å². The van der Waals surface area contributed by atoms with Crippen molar-refractivity contribution < 1.29 is 23.4 Å². The Labute approximate surface area is 192 Å². The average Bonchev–Trinajstić information content (AvgIpc) is 2.81. The van der Waals surface area contributed by atoms with E-state index < -0.39 is 18.5 Å². The van der Waals surface area contributed by atoms with E-state index >= 15 is 0 Å². The van der Waals surface area contributed by atoms with Crippen molar-refractivity contribution in [2.24, 2.45) is 17.8 Å². The quantitative estimate of drug-likeness (QED) is 0.454. The van der Waals surface area contributed by atoms with Gasteiger partial charge in [-0.05, 0) is 23.8 Å². The molecule has 0 aromatic heterocycles. The predicted molar refractivity (Wildman–Crippen MR) is 125 cm³/mol. The highest BCUT2D eigenvalue weighted by molar-refractivity contribution is 5.75. The highest BCUT2D eigenvalue weighted by Crippen LogP contribution is 2.35. The van der Waals surface area contributed by atoms with Crippen molar-refractivity contribution in [1.82, 2.24) is 5.32 Å². The number of hydrogen-bond donors (Lipinski definition) is 1. The Morgan fingerprint density at radius 2 is 1.88 bits per heavy atom. The molecular formula is C26H40FNO4. The van der Waals surface area contributed by atoms with Gasteiger partial charge in [-0.25, -0.2) is 4.39 Å². The standard InChI is InChI=1S/C26H40FNO4/c1-6-8-14-22(27)23(28-25(29)7-2)16-31-26-20(5)18(3)19(4)24(32-26)17-30-15-21-12-10-9-11-13-21/h8-14,18-20,22-24,26H,6-7,15-17H2,1-5H3,(H,28,29)/b14-8+/t18-,19+,20?,22+,23-,24?,26-/m0/s1. The van der Waals surface area contributed by atoms with Crippen molar-refractivity contribution in [3.63, 3.8) is 0 Å². The fraction of sp³-hybridized carbons (Fsp3) is 0.654. The SMILES string of the molecule is CC/C=C/[C@@H](F)[C@H](CO[C@H]1OC(COCc2ccccc2)[C@H](C)[C@H](C)C1C)NC(=O)CC. The van der Waals surface area contributed by atoms with Gasteiger partial charge in [0.1, 0.15) is 6.17 Å². The molecular weight excluding hydrogens is 409 g/mol. The van der Waals surface area contributed by atoms with Gasteiger partial charge in [-0.1, -0.05) is 77.1 Å². The highest BCUT2D eigenvalue weighted by atomic mass is 19.1. The summed E-state index contributed by atoms with van der Waals surface area (Å²) in [6, 6.07) is 9.29. The number of halogens is 1. The summed E-state index contributed by atoms with van der Waals surface area (Å²) in [7, 11) is 0. The molecule has 6 heteroatoms. The van der Waals surface area contributed by atoms with E-state index in [0.717, 1.165) is 12.0 Å². The monoisotopic (exact) mass is 449 g/mol. The maximum Gasteiger partial charge on any atom is 0.220 e. The van der Waals surface area contributed by atoms with Crippen LogP contribution in [0.25, 0.3) is 0 Å². The Morgan fingerprint density at radius 1 is 1.16 bits per heavy atom. The lowest BCUT2D eigenvalue weighted by molar-refractivity contribution is -0.259. The van der Waals surface area contributed by atoms with Crippen molar-refractivity contribution in [3.05, 3.63) is 48.0 Å². The van der Waals surface area contributed by atoms with E-state index in [4.69, 9.17) is 14.2 Å².